The van der Waals surface area contributed by atoms with Crippen LogP contribution in [0.2, 0.25) is 15.1 Å². The Kier molecular flexibility index (Phi) is 5.11. The van der Waals surface area contributed by atoms with Crippen molar-refractivity contribution in [2.24, 2.45) is 7.05 Å². The fourth-order valence-corrected chi connectivity index (χ4v) is 2.46. The molecule has 6 heteroatoms. The Labute approximate surface area is 127 Å². The lowest BCUT2D eigenvalue weighted by Crippen LogP contribution is -2.17. The molecule has 1 aromatic carbocycles. The Morgan fingerprint density at radius 2 is 1.95 bits per heavy atom. The van der Waals surface area contributed by atoms with Crippen molar-refractivity contribution in [1.82, 2.24) is 15.1 Å². The minimum Gasteiger partial charge on any atom is -0.312 e. The van der Waals surface area contributed by atoms with Crippen LogP contribution in [0.25, 0.3) is 0 Å². The van der Waals surface area contributed by atoms with Crippen molar-refractivity contribution >= 4 is 34.8 Å². The summed E-state index contributed by atoms with van der Waals surface area (Å²) >= 11 is 18.2. The highest BCUT2D eigenvalue weighted by Crippen LogP contribution is 2.31. The molecule has 3 nitrogen and oxygen atoms in total. The molecule has 0 radical (unpaired) electrons. The van der Waals surface area contributed by atoms with Gasteiger partial charge in [-0.1, -0.05) is 34.8 Å². The second-order valence-electron chi connectivity index (χ2n) is 4.27. The van der Waals surface area contributed by atoms with Gasteiger partial charge in [0, 0.05) is 30.4 Å². The molecule has 2 aromatic rings. The first-order valence-corrected chi connectivity index (χ1v) is 7.02. The molecule has 0 bridgehead atoms. The van der Waals surface area contributed by atoms with E-state index in [9.17, 15) is 0 Å². The number of aryl methyl sites for hydroxylation is 1. The number of nitrogens with one attached hydrogen (secondary N) is 1. The van der Waals surface area contributed by atoms with Crippen molar-refractivity contribution in [3.05, 3.63) is 50.7 Å². The van der Waals surface area contributed by atoms with Gasteiger partial charge in [0.25, 0.3) is 0 Å². The van der Waals surface area contributed by atoms with Gasteiger partial charge in [-0.3, -0.25) is 4.68 Å². The van der Waals surface area contributed by atoms with Crippen molar-refractivity contribution in [3.8, 4) is 0 Å². The molecule has 102 valence electrons. The molecule has 1 aromatic heterocycles. The quantitative estimate of drug-likeness (QED) is 0.673. The van der Waals surface area contributed by atoms with E-state index >= 15 is 0 Å². The number of halogens is 3. The summed E-state index contributed by atoms with van der Waals surface area (Å²) in [6.07, 6.45) is 4.77. The number of aromatic nitrogens is 2. The first-order chi connectivity index (χ1) is 9.08. The van der Waals surface area contributed by atoms with Gasteiger partial charge in [0.05, 0.1) is 16.2 Å². The van der Waals surface area contributed by atoms with Gasteiger partial charge >= 0.3 is 0 Å². The second kappa shape index (κ2) is 6.62. The molecule has 0 fully saturated rings. The third-order valence-electron chi connectivity index (χ3n) is 2.79. The molecule has 0 saturated carbocycles. The zero-order valence-corrected chi connectivity index (χ0v) is 12.7. The third-order valence-corrected chi connectivity index (χ3v) is 3.99. The van der Waals surface area contributed by atoms with E-state index in [0.29, 0.717) is 21.6 Å². The van der Waals surface area contributed by atoms with Crippen molar-refractivity contribution in [1.29, 1.82) is 0 Å². The van der Waals surface area contributed by atoms with Crippen LogP contribution in [0.4, 0.5) is 0 Å². The average Bonchev–Trinajstić information content (AvgIpc) is 2.79. The van der Waals surface area contributed by atoms with Crippen LogP contribution < -0.4 is 5.32 Å². The predicted molar refractivity (Wildman–Crippen MR) is 80.1 cm³/mol. The first kappa shape index (κ1) is 14.7. The molecule has 1 N–H and O–H groups in total. The fourth-order valence-electron chi connectivity index (χ4n) is 1.78. The smallest absolute Gasteiger partial charge is 0.0652 e. The van der Waals surface area contributed by atoms with Crippen molar-refractivity contribution in [2.75, 3.05) is 6.54 Å². The van der Waals surface area contributed by atoms with Gasteiger partial charge < -0.3 is 5.32 Å². The number of rotatable bonds is 5. The third kappa shape index (κ3) is 3.86. The lowest BCUT2D eigenvalue weighted by molar-refractivity contribution is 0.686. The molecule has 0 aliphatic rings. The highest BCUT2D eigenvalue weighted by atomic mass is 35.5. The summed E-state index contributed by atoms with van der Waals surface area (Å²) < 4.78 is 1.79. The van der Waals surface area contributed by atoms with E-state index in [0.717, 1.165) is 18.5 Å². The van der Waals surface area contributed by atoms with Crippen LogP contribution in [0, 0.1) is 0 Å². The zero-order chi connectivity index (χ0) is 13.8. The second-order valence-corrected chi connectivity index (χ2v) is 5.46. The number of nitrogens with zero attached hydrogens (tertiary/aromatic N) is 2. The predicted octanol–water partition coefficient (Wildman–Crippen LogP) is 3.71. The highest BCUT2D eigenvalue weighted by Gasteiger charge is 2.09. The van der Waals surface area contributed by atoms with Gasteiger partial charge in [-0.15, -0.1) is 0 Å². The summed E-state index contributed by atoms with van der Waals surface area (Å²) in [5, 5.41) is 9.09. The number of hydrogen-bond donors (Lipinski definition) is 1. The number of benzene rings is 1. The Balaban J connectivity index is 1.88. The van der Waals surface area contributed by atoms with E-state index in [-0.39, 0.29) is 0 Å². The van der Waals surface area contributed by atoms with E-state index in [1.54, 1.807) is 16.8 Å². The molecule has 0 atom stereocenters. The van der Waals surface area contributed by atoms with E-state index in [4.69, 9.17) is 34.8 Å². The molecule has 0 amide bonds. The summed E-state index contributed by atoms with van der Waals surface area (Å²) in [4.78, 5) is 0. The fraction of sp³-hybridized carbons (Fsp3) is 0.308. The topological polar surface area (TPSA) is 29.9 Å². The molecule has 19 heavy (non-hydrogen) atoms. The van der Waals surface area contributed by atoms with E-state index < -0.39 is 0 Å². The molecule has 0 aliphatic carbocycles. The maximum atomic E-state index is 6.13. The number of hydrogen-bond acceptors (Lipinski definition) is 2. The van der Waals surface area contributed by atoms with Crippen LogP contribution in [0.1, 0.15) is 11.1 Å². The molecule has 0 saturated heterocycles. The largest absolute Gasteiger partial charge is 0.312 e. The summed E-state index contributed by atoms with van der Waals surface area (Å²) in [6, 6.07) is 3.46. The maximum absolute atomic E-state index is 6.13. The first-order valence-electron chi connectivity index (χ1n) is 5.88. The van der Waals surface area contributed by atoms with Gasteiger partial charge in [-0.25, -0.2) is 0 Å². The Hall–Kier alpha value is -0.740. The lowest BCUT2D eigenvalue weighted by Gasteiger charge is -2.09. The van der Waals surface area contributed by atoms with Gasteiger partial charge in [0.15, 0.2) is 0 Å². The minimum atomic E-state index is 0.517. The van der Waals surface area contributed by atoms with Crippen molar-refractivity contribution in [3.63, 3.8) is 0 Å². The maximum Gasteiger partial charge on any atom is 0.0652 e. The summed E-state index contributed by atoms with van der Waals surface area (Å²) in [6.45, 7) is 1.42. The Morgan fingerprint density at radius 1 is 1.21 bits per heavy atom. The minimum absolute atomic E-state index is 0.517. The van der Waals surface area contributed by atoms with E-state index in [1.165, 1.54) is 5.56 Å². The molecular formula is C13H14Cl3N3. The Bertz CT molecular complexity index is 566. The van der Waals surface area contributed by atoms with Crippen LogP contribution in [0.15, 0.2) is 24.5 Å². The summed E-state index contributed by atoms with van der Waals surface area (Å²) in [7, 11) is 1.91. The molecule has 0 spiro atoms. The van der Waals surface area contributed by atoms with Crippen LogP contribution in [0.3, 0.4) is 0 Å². The monoisotopic (exact) mass is 317 g/mol. The van der Waals surface area contributed by atoms with Gasteiger partial charge in [0.1, 0.15) is 0 Å². The van der Waals surface area contributed by atoms with Gasteiger partial charge in [-0.05, 0) is 30.7 Å². The summed E-state index contributed by atoms with van der Waals surface area (Å²) in [5.41, 5.74) is 2.03. The zero-order valence-electron chi connectivity index (χ0n) is 10.5. The highest BCUT2D eigenvalue weighted by molar-refractivity contribution is 6.44. The van der Waals surface area contributed by atoms with Crippen molar-refractivity contribution in [2.45, 2.75) is 13.0 Å². The SMILES string of the molecule is Cn1cc(CCNCc2c(Cl)ccc(Cl)c2Cl)cn1. The van der Waals surface area contributed by atoms with Crippen LogP contribution in [-0.2, 0) is 20.0 Å². The van der Waals surface area contributed by atoms with E-state index in [2.05, 4.69) is 10.4 Å². The molecular weight excluding hydrogens is 305 g/mol. The van der Waals surface area contributed by atoms with Crippen LogP contribution >= 0.6 is 34.8 Å². The Morgan fingerprint density at radius 3 is 2.63 bits per heavy atom. The normalized spacial score (nSPS) is 10.9. The standard InChI is InChI=1S/C13H14Cl3N3/c1-19-8-9(6-18-19)4-5-17-7-10-11(14)2-3-12(15)13(10)16/h2-3,6,8,17H,4-5,7H2,1H3. The van der Waals surface area contributed by atoms with Gasteiger partial charge in [-0.2, -0.15) is 5.10 Å². The van der Waals surface area contributed by atoms with Crippen molar-refractivity contribution < 1.29 is 0 Å². The molecule has 0 aliphatic heterocycles. The molecule has 0 unspecified atom stereocenters. The van der Waals surface area contributed by atoms with Crippen LogP contribution in [-0.4, -0.2) is 16.3 Å². The molecule has 2 rings (SSSR count). The lowest BCUT2D eigenvalue weighted by atomic mass is 10.2. The molecule has 1 heterocycles. The average molecular weight is 319 g/mol. The van der Waals surface area contributed by atoms with Crippen LogP contribution in [0.5, 0.6) is 0 Å². The summed E-state index contributed by atoms with van der Waals surface area (Å²) in [5.74, 6) is 0. The van der Waals surface area contributed by atoms with Gasteiger partial charge in [0.2, 0.25) is 0 Å². The van der Waals surface area contributed by atoms with E-state index in [1.807, 2.05) is 19.4 Å².